The van der Waals surface area contributed by atoms with E-state index in [1.54, 1.807) is 22.3 Å². The molecule has 2 aromatic rings. The van der Waals surface area contributed by atoms with Gasteiger partial charge in [-0.2, -0.15) is 0 Å². The number of amides is 1. The summed E-state index contributed by atoms with van der Waals surface area (Å²) >= 11 is 1.62. The van der Waals surface area contributed by atoms with Gasteiger partial charge >= 0.3 is 0 Å². The predicted molar refractivity (Wildman–Crippen MR) is 99.2 cm³/mol. The Balaban J connectivity index is 1.84. The van der Waals surface area contributed by atoms with Gasteiger partial charge in [-0.1, -0.05) is 25.5 Å². The van der Waals surface area contributed by atoms with E-state index in [9.17, 15) is 4.79 Å². The number of ether oxygens (including phenoxy) is 1. The lowest BCUT2D eigenvalue weighted by Crippen LogP contribution is -2.25. The van der Waals surface area contributed by atoms with Gasteiger partial charge in [0.1, 0.15) is 12.4 Å². The number of rotatable bonds is 8. The number of aryl methyl sites for hydroxylation is 1. The number of carbonyl (C=O) groups is 1. The molecule has 0 atom stereocenters. The highest BCUT2D eigenvalue weighted by atomic mass is 32.1. The maximum atomic E-state index is 12.0. The van der Waals surface area contributed by atoms with E-state index in [2.05, 4.69) is 11.9 Å². The molecule has 0 saturated heterocycles. The van der Waals surface area contributed by atoms with E-state index in [1.165, 1.54) is 0 Å². The van der Waals surface area contributed by atoms with Crippen LogP contribution in [0, 0.1) is 6.92 Å². The van der Waals surface area contributed by atoms with Gasteiger partial charge in [0.05, 0.1) is 10.7 Å². The van der Waals surface area contributed by atoms with Crippen molar-refractivity contribution in [3.05, 3.63) is 52.0 Å². The lowest BCUT2D eigenvalue weighted by molar-refractivity contribution is -0.124. The molecule has 2 rings (SSSR count). The van der Waals surface area contributed by atoms with E-state index in [0.29, 0.717) is 6.61 Å². The fourth-order valence-electron chi connectivity index (χ4n) is 2.11. The summed E-state index contributed by atoms with van der Waals surface area (Å²) in [5.74, 6) is 0.826. The highest BCUT2D eigenvalue weighted by molar-refractivity contribution is 7.09. The van der Waals surface area contributed by atoms with Crippen molar-refractivity contribution in [2.75, 3.05) is 13.6 Å². The minimum absolute atomic E-state index is 0.0303. The molecule has 0 spiro atoms. The van der Waals surface area contributed by atoms with Crippen LogP contribution in [0.3, 0.4) is 0 Å². The minimum Gasteiger partial charge on any atom is -0.487 e. The maximum absolute atomic E-state index is 12.0. The van der Waals surface area contributed by atoms with E-state index in [0.717, 1.165) is 41.4 Å². The summed E-state index contributed by atoms with van der Waals surface area (Å²) in [5, 5.41) is 3.05. The number of carbonyl (C=O) groups excluding carboxylic acids is 1. The van der Waals surface area contributed by atoms with Crippen LogP contribution in [-0.2, 0) is 11.4 Å². The maximum Gasteiger partial charge on any atom is 0.246 e. The van der Waals surface area contributed by atoms with Crippen LogP contribution < -0.4 is 4.74 Å². The summed E-state index contributed by atoms with van der Waals surface area (Å²) < 4.78 is 5.71. The number of hydrogen-bond acceptors (Lipinski definition) is 4. The average Bonchev–Trinajstić information content (AvgIpc) is 3.02. The lowest BCUT2D eigenvalue weighted by Gasteiger charge is -2.13. The van der Waals surface area contributed by atoms with Crippen LogP contribution in [0.15, 0.2) is 35.7 Å². The number of benzene rings is 1. The first-order valence-corrected chi connectivity index (χ1v) is 9.03. The van der Waals surface area contributed by atoms with E-state index in [4.69, 9.17) is 4.74 Å². The monoisotopic (exact) mass is 344 g/mol. The standard InChI is InChI=1S/C19H24N2O2S/c1-4-5-12-21(3)19(22)11-8-16-6-9-18(10-7-16)23-13-17-14-24-15(2)20-17/h6-11,14H,4-5,12-13H2,1-3H3/b11-8+. The molecule has 1 heterocycles. The molecule has 1 aromatic heterocycles. The zero-order chi connectivity index (χ0) is 17.4. The second kappa shape index (κ2) is 9.23. The molecule has 128 valence electrons. The number of thiazole rings is 1. The fourth-order valence-corrected chi connectivity index (χ4v) is 2.70. The molecule has 0 aliphatic rings. The quantitative estimate of drug-likeness (QED) is 0.671. The first kappa shape index (κ1) is 18.2. The zero-order valence-electron chi connectivity index (χ0n) is 14.5. The third-order valence-corrected chi connectivity index (χ3v) is 4.40. The molecular formula is C19H24N2O2S. The van der Waals surface area contributed by atoms with E-state index in [-0.39, 0.29) is 5.91 Å². The number of unbranched alkanes of at least 4 members (excludes halogenated alkanes) is 1. The SMILES string of the molecule is CCCCN(C)C(=O)/C=C/c1ccc(OCc2csc(C)n2)cc1. The molecule has 0 saturated carbocycles. The third-order valence-electron chi connectivity index (χ3n) is 3.58. The Morgan fingerprint density at radius 1 is 1.33 bits per heavy atom. The fraction of sp³-hybridized carbons (Fsp3) is 0.368. The van der Waals surface area contributed by atoms with Gasteiger partial charge in [-0.15, -0.1) is 11.3 Å². The van der Waals surface area contributed by atoms with Gasteiger partial charge in [0.25, 0.3) is 0 Å². The van der Waals surface area contributed by atoms with Crippen molar-refractivity contribution in [2.24, 2.45) is 0 Å². The highest BCUT2D eigenvalue weighted by Gasteiger charge is 2.03. The number of aromatic nitrogens is 1. The second-order valence-corrected chi connectivity index (χ2v) is 6.72. The Bertz CT molecular complexity index is 677. The molecular weight excluding hydrogens is 320 g/mol. The Morgan fingerprint density at radius 3 is 2.71 bits per heavy atom. The molecule has 5 heteroatoms. The second-order valence-electron chi connectivity index (χ2n) is 5.66. The molecule has 24 heavy (non-hydrogen) atoms. The van der Waals surface area contributed by atoms with Crippen molar-refractivity contribution in [1.82, 2.24) is 9.88 Å². The van der Waals surface area contributed by atoms with Crippen LogP contribution in [0.5, 0.6) is 5.75 Å². The third kappa shape index (κ3) is 5.81. The van der Waals surface area contributed by atoms with Gasteiger partial charge in [0.2, 0.25) is 5.91 Å². The number of hydrogen-bond donors (Lipinski definition) is 0. The van der Waals surface area contributed by atoms with Crippen molar-refractivity contribution < 1.29 is 9.53 Å². The summed E-state index contributed by atoms with van der Waals surface area (Å²) in [6.07, 6.45) is 5.56. The van der Waals surface area contributed by atoms with Crippen LogP contribution in [0.2, 0.25) is 0 Å². The van der Waals surface area contributed by atoms with Crippen LogP contribution >= 0.6 is 11.3 Å². The highest BCUT2D eigenvalue weighted by Crippen LogP contribution is 2.16. The predicted octanol–water partition coefficient (Wildman–Crippen LogP) is 4.30. The van der Waals surface area contributed by atoms with Crippen molar-refractivity contribution in [3.8, 4) is 5.75 Å². The van der Waals surface area contributed by atoms with Crippen LogP contribution in [0.1, 0.15) is 36.0 Å². The summed E-state index contributed by atoms with van der Waals surface area (Å²) in [5.41, 5.74) is 1.92. The molecule has 0 radical (unpaired) electrons. The molecule has 4 nitrogen and oxygen atoms in total. The Hall–Kier alpha value is -2.14. The van der Waals surface area contributed by atoms with Crippen molar-refractivity contribution in [3.63, 3.8) is 0 Å². The van der Waals surface area contributed by atoms with Gasteiger partial charge in [0, 0.05) is 25.0 Å². The summed E-state index contributed by atoms with van der Waals surface area (Å²) in [4.78, 5) is 18.1. The average molecular weight is 344 g/mol. The van der Waals surface area contributed by atoms with E-state index >= 15 is 0 Å². The molecule has 0 fully saturated rings. The van der Waals surface area contributed by atoms with Gasteiger partial charge in [-0.25, -0.2) is 4.98 Å². The Morgan fingerprint density at radius 2 is 2.08 bits per heavy atom. The van der Waals surface area contributed by atoms with Crippen molar-refractivity contribution in [1.29, 1.82) is 0 Å². The first-order chi connectivity index (χ1) is 11.6. The number of likely N-dealkylation sites (N-methyl/N-ethyl adjacent to an activating group) is 1. The lowest BCUT2D eigenvalue weighted by atomic mass is 10.2. The smallest absolute Gasteiger partial charge is 0.246 e. The van der Waals surface area contributed by atoms with Gasteiger partial charge in [-0.05, 0) is 37.1 Å². The van der Waals surface area contributed by atoms with Crippen LogP contribution in [0.25, 0.3) is 6.08 Å². The van der Waals surface area contributed by atoms with Crippen LogP contribution in [0.4, 0.5) is 0 Å². The molecule has 0 aliphatic heterocycles. The normalized spacial score (nSPS) is 11.0. The van der Waals surface area contributed by atoms with Crippen LogP contribution in [-0.4, -0.2) is 29.4 Å². The summed E-state index contributed by atoms with van der Waals surface area (Å²) in [6, 6.07) is 7.70. The molecule has 0 bridgehead atoms. The number of nitrogens with zero attached hydrogens (tertiary/aromatic N) is 2. The molecule has 0 unspecified atom stereocenters. The van der Waals surface area contributed by atoms with Gasteiger partial charge in [-0.3, -0.25) is 4.79 Å². The summed E-state index contributed by atoms with van der Waals surface area (Å²) in [6.45, 7) is 5.37. The Labute approximate surface area is 147 Å². The Kier molecular flexibility index (Phi) is 7.00. The first-order valence-electron chi connectivity index (χ1n) is 8.15. The topological polar surface area (TPSA) is 42.4 Å². The van der Waals surface area contributed by atoms with E-state index in [1.807, 2.05) is 49.7 Å². The van der Waals surface area contributed by atoms with Gasteiger partial charge < -0.3 is 9.64 Å². The summed E-state index contributed by atoms with van der Waals surface area (Å²) in [7, 11) is 1.83. The largest absolute Gasteiger partial charge is 0.487 e. The van der Waals surface area contributed by atoms with E-state index < -0.39 is 0 Å². The van der Waals surface area contributed by atoms with Crippen molar-refractivity contribution >= 4 is 23.3 Å². The molecule has 1 aromatic carbocycles. The molecule has 1 amide bonds. The minimum atomic E-state index is 0.0303. The molecule has 0 aliphatic carbocycles. The van der Waals surface area contributed by atoms with Gasteiger partial charge in [0.15, 0.2) is 0 Å². The zero-order valence-corrected chi connectivity index (χ0v) is 15.3. The molecule has 0 N–H and O–H groups in total. The van der Waals surface area contributed by atoms with Crippen molar-refractivity contribution in [2.45, 2.75) is 33.3 Å².